The van der Waals surface area contributed by atoms with Crippen LogP contribution in [-0.4, -0.2) is 35.4 Å². The molecule has 0 fully saturated rings. The Morgan fingerprint density at radius 1 is 1.39 bits per heavy atom. The molecule has 2 amide bonds. The van der Waals surface area contributed by atoms with Crippen molar-refractivity contribution >= 4 is 17.6 Å². The molecule has 0 radical (unpaired) electrons. The molecule has 0 saturated heterocycles. The molecule has 0 saturated carbocycles. The maximum atomic E-state index is 11.8. The summed E-state index contributed by atoms with van der Waals surface area (Å²) in [6.45, 7) is 3.66. The van der Waals surface area contributed by atoms with Crippen molar-refractivity contribution in [2.24, 2.45) is 5.41 Å². The highest BCUT2D eigenvalue weighted by Crippen LogP contribution is 2.13. The van der Waals surface area contributed by atoms with Crippen molar-refractivity contribution in [2.45, 2.75) is 13.8 Å². The van der Waals surface area contributed by atoms with E-state index in [0.717, 1.165) is 0 Å². The SMILES string of the molecule is CNC(=O)C(C)(C)CNC(=O)c1cncc(N)n1. The molecule has 0 unspecified atom stereocenters. The number of nitrogens with zero attached hydrogens (tertiary/aromatic N) is 2. The Hall–Kier alpha value is -2.18. The van der Waals surface area contributed by atoms with Crippen LogP contribution >= 0.6 is 0 Å². The van der Waals surface area contributed by atoms with Gasteiger partial charge in [0.1, 0.15) is 11.5 Å². The van der Waals surface area contributed by atoms with Gasteiger partial charge in [0.05, 0.1) is 17.8 Å². The number of anilines is 1. The Morgan fingerprint density at radius 2 is 2.06 bits per heavy atom. The van der Waals surface area contributed by atoms with E-state index < -0.39 is 11.3 Å². The van der Waals surface area contributed by atoms with Gasteiger partial charge in [-0.25, -0.2) is 4.98 Å². The molecule has 0 aromatic carbocycles. The van der Waals surface area contributed by atoms with Crippen LogP contribution in [0.1, 0.15) is 24.3 Å². The zero-order valence-corrected chi connectivity index (χ0v) is 10.7. The second-order valence-corrected chi connectivity index (χ2v) is 4.47. The number of nitrogens with one attached hydrogen (secondary N) is 2. The summed E-state index contributed by atoms with van der Waals surface area (Å²) < 4.78 is 0. The van der Waals surface area contributed by atoms with E-state index in [-0.39, 0.29) is 24.0 Å². The van der Waals surface area contributed by atoms with Crippen LogP contribution in [0.5, 0.6) is 0 Å². The van der Waals surface area contributed by atoms with Crippen molar-refractivity contribution in [2.75, 3.05) is 19.3 Å². The lowest BCUT2D eigenvalue weighted by Gasteiger charge is -2.22. The summed E-state index contributed by atoms with van der Waals surface area (Å²) in [5.41, 5.74) is 4.86. The van der Waals surface area contributed by atoms with Crippen molar-refractivity contribution in [1.29, 1.82) is 0 Å². The molecule has 1 aromatic rings. The lowest BCUT2D eigenvalue weighted by atomic mass is 9.92. The van der Waals surface area contributed by atoms with Gasteiger partial charge in [0.2, 0.25) is 5.91 Å². The Labute approximate surface area is 105 Å². The number of aromatic nitrogens is 2. The Bertz CT molecular complexity index is 459. The molecule has 4 N–H and O–H groups in total. The van der Waals surface area contributed by atoms with E-state index in [4.69, 9.17) is 5.73 Å². The second kappa shape index (κ2) is 5.44. The van der Waals surface area contributed by atoms with Crippen LogP contribution in [-0.2, 0) is 4.79 Å². The maximum absolute atomic E-state index is 11.8. The number of carbonyl (C=O) groups is 2. The fourth-order valence-corrected chi connectivity index (χ4v) is 1.30. The van der Waals surface area contributed by atoms with Gasteiger partial charge in [0.15, 0.2) is 0 Å². The van der Waals surface area contributed by atoms with Crippen molar-refractivity contribution in [3.05, 3.63) is 18.1 Å². The molecule has 0 aliphatic carbocycles. The van der Waals surface area contributed by atoms with E-state index >= 15 is 0 Å². The number of hydrogen-bond acceptors (Lipinski definition) is 5. The lowest BCUT2D eigenvalue weighted by Crippen LogP contribution is -2.43. The van der Waals surface area contributed by atoms with E-state index in [1.807, 2.05) is 0 Å². The Morgan fingerprint density at radius 3 is 2.61 bits per heavy atom. The maximum Gasteiger partial charge on any atom is 0.271 e. The minimum atomic E-state index is -0.696. The predicted octanol–water partition coefficient (Wildman–Crippen LogP) is -0.439. The molecule has 1 rings (SSSR count). The topological polar surface area (TPSA) is 110 Å². The monoisotopic (exact) mass is 251 g/mol. The van der Waals surface area contributed by atoms with Gasteiger partial charge in [0.25, 0.3) is 5.91 Å². The molecule has 0 bridgehead atoms. The number of carbonyl (C=O) groups excluding carboxylic acids is 2. The number of nitrogen functional groups attached to an aromatic ring is 1. The first-order valence-electron chi connectivity index (χ1n) is 5.44. The van der Waals surface area contributed by atoms with Gasteiger partial charge in [0, 0.05) is 13.6 Å². The highest BCUT2D eigenvalue weighted by molar-refractivity contribution is 5.92. The summed E-state index contributed by atoms with van der Waals surface area (Å²) in [7, 11) is 1.55. The van der Waals surface area contributed by atoms with Crippen molar-refractivity contribution < 1.29 is 9.59 Å². The van der Waals surface area contributed by atoms with Crippen molar-refractivity contribution in [3.63, 3.8) is 0 Å². The second-order valence-electron chi connectivity index (χ2n) is 4.47. The van der Waals surface area contributed by atoms with Crippen molar-refractivity contribution in [3.8, 4) is 0 Å². The highest BCUT2D eigenvalue weighted by Gasteiger charge is 2.27. The number of nitrogens with two attached hydrogens (primary N) is 1. The summed E-state index contributed by atoms with van der Waals surface area (Å²) in [6, 6.07) is 0. The molecule has 0 aliphatic rings. The van der Waals surface area contributed by atoms with Crippen LogP contribution in [0.2, 0.25) is 0 Å². The molecule has 1 aromatic heterocycles. The molecule has 7 heteroatoms. The fourth-order valence-electron chi connectivity index (χ4n) is 1.30. The summed E-state index contributed by atoms with van der Waals surface area (Å²) in [6.07, 6.45) is 2.67. The van der Waals surface area contributed by atoms with Crippen LogP contribution in [0.15, 0.2) is 12.4 Å². The Balaban J connectivity index is 2.64. The molecule has 0 aliphatic heterocycles. The van der Waals surface area contributed by atoms with E-state index in [9.17, 15) is 9.59 Å². The molecular weight excluding hydrogens is 234 g/mol. The van der Waals surface area contributed by atoms with Crippen LogP contribution in [0, 0.1) is 5.41 Å². The molecule has 18 heavy (non-hydrogen) atoms. The van der Waals surface area contributed by atoms with Gasteiger partial charge < -0.3 is 16.4 Å². The number of amides is 2. The van der Waals surface area contributed by atoms with Crippen LogP contribution in [0.4, 0.5) is 5.82 Å². The Kier molecular flexibility index (Phi) is 4.19. The molecule has 1 heterocycles. The summed E-state index contributed by atoms with van der Waals surface area (Å²) in [4.78, 5) is 30.9. The lowest BCUT2D eigenvalue weighted by molar-refractivity contribution is -0.128. The third-order valence-corrected chi connectivity index (χ3v) is 2.42. The van der Waals surface area contributed by atoms with Crippen LogP contribution in [0.3, 0.4) is 0 Å². The molecular formula is C11H17N5O2. The average Bonchev–Trinajstić information content (AvgIpc) is 2.35. The van der Waals surface area contributed by atoms with Gasteiger partial charge in [-0.2, -0.15) is 0 Å². The zero-order valence-electron chi connectivity index (χ0n) is 10.7. The van der Waals surface area contributed by atoms with Gasteiger partial charge in [-0.1, -0.05) is 0 Å². The van der Waals surface area contributed by atoms with E-state index in [1.165, 1.54) is 12.4 Å². The number of rotatable bonds is 4. The van der Waals surface area contributed by atoms with E-state index in [1.54, 1.807) is 20.9 Å². The van der Waals surface area contributed by atoms with Gasteiger partial charge in [-0.15, -0.1) is 0 Å². The molecule has 0 atom stereocenters. The van der Waals surface area contributed by atoms with Crippen LogP contribution < -0.4 is 16.4 Å². The molecule has 98 valence electrons. The van der Waals surface area contributed by atoms with Crippen molar-refractivity contribution in [1.82, 2.24) is 20.6 Å². The molecule has 0 spiro atoms. The summed E-state index contributed by atoms with van der Waals surface area (Å²) in [5.74, 6) is -0.388. The number of hydrogen-bond donors (Lipinski definition) is 3. The van der Waals surface area contributed by atoms with Crippen LogP contribution in [0.25, 0.3) is 0 Å². The summed E-state index contributed by atoms with van der Waals surface area (Å²) in [5, 5.41) is 5.16. The summed E-state index contributed by atoms with van der Waals surface area (Å²) >= 11 is 0. The minimum Gasteiger partial charge on any atom is -0.382 e. The smallest absolute Gasteiger partial charge is 0.271 e. The van der Waals surface area contributed by atoms with Gasteiger partial charge in [-0.05, 0) is 13.8 Å². The zero-order chi connectivity index (χ0) is 13.8. The third kappa shape index (κ3) is 3.41. The largest absolute Gasteiger partial charge is 0.382 e. The highest BCUT2D eigenvalue weighted by atomic mass is 16.2. The predicted molar refractivity (Wildman–Crippen MR) is 66.6 cm³/mol. The standard InChI is InChI=1S/C11H17N5O2/c1-11(2,10(18)13-3)6-15-9(17)7-4-14-5-8(12)16-7/h4-5H,6H2,1-3H3,(H2,12,16)(H,13,18)(H,15,17). The first-order valence-corrected chi connectivity index (χ1v) is 5.44. The fraction of sp³-hybridized carbons (Fsp3) is 0.455. The minimum absolute atomic E-state index is 0.128. The van der Waals surface area contributed by atoms with Gasteiger partial charge >= 0.3 is 0 Å². The van der Waals surface area contributed by atoms with E-state index in [2.05, 4.69) is 20.6 Å². The van der Waals surface area contributed by atoms with Gasteiger partial charge in [-0.3, -0.25) is 14.6 Å². The first kappa shape index (κ1) is 13.9. The quantitative estimate of drug-likeness (QED) is 0.672. The first-order chi connectivity index (χ1) is 8.36. The molecule has 7 nitrogen and oxygen atoms in total. The van der Waals surface area contributed by atoms with E-state index in [0.29, 0.717) is 0 Å². The average molecular weight is 251 g/mol. The normalized spacial score (nSPS) is 10.8. The third-order valence-electron chi connectivity index (χ3n) is 2.42.